The minimum atomic E-state index is -4.20. The lowest BCUT2D eigenvalue weighted by Gasteiger charge is -2.35. The summed E-state index contributed by atoms with van der Waals surface area (Å²) in [6, 6.07) is 29.5. The van der Waals surface area contributed by atoms with Crippen LogP contribution in [0, 0.1) is 13.8 Å². The van der Waals surface area contributed by atoms with Gasteiger partial charge in [-0.15, -0.1) is 0 Å². The van der Waals surface area contributed by atoms with Gasteiger partial charge in [-0.05, 0) is 79.3 Å². The molecule has 0 spiro atoms. The summed E-state index contributed by atoms with van der Waals surface area (Å²) < 4.78 is 29.6. The van der Waals surface area contributed by atoms with E-state index in [1.807, 2.05) is 80.6 Å². The highest BCUT2D eigenvalue weighted by atomic mass is 35.5. The summed E-state index contributed by atoms with van der Waals surface area (Å²) in [6.45, 7) is 3.42. The zero-order chi connectivity index (χ0) is 32.7. The first kappa shape index (κ1) is 33.2. The van der Waals surface area contributed by atoms with Crippen molar-refractivity contribution in [2.24, 2.45) is 0 Å². The molecule has 1 aliphatic rings. The maximum absolute atomic E-state index is 14.7. The third-order valence-electron chi connectivity index (χ3n) is 8.64. The van der Waals surface area contributed by atoms with E-state index in [2.05, 4.69) is 5.32 Å². The maximum Gasteiger partial charge on any atom is 0.264 e. The van der Waals surface area contributed by atoms with Crippen LogP contribution in [0.3, 0.4) is 0 Å². The molecule has 0 saturated heterocycles. The lowest BCUT2D eigenvalue weighted by atomic mass is 10.0. The summed E-state index contributed by atoms with van der Waals surface area (Å²) in [6.07, 6.45) is 4.18. The number of nitrogens with one attached hydrogen (secondary N) is 1. The van der Waals surface area contributed by atoms with Gasteiger partial charge < -0.3 is 10.2 Å². The third-order valence-corrected chi connectivity index (χ3v) is 10.7. The van der Waals surface area contributed by atoms with Gasteiger partial charge in [0.2, 0.25) is 11.8 Å². The number of nitrogens with zero attached hydrogens (tertiary/aromatic N) is 2. The van der Waals surface area contributed by atoms with E-state index in [0.29, 0.717) is 16.3 Å². The number of carbonyl (C=O) groups is 2. The number of hydrogen-bond acceptors (Lipinski definition) is 4. The van der Waals surface area contributed by atoms with Crippen molar-refractivity contribution in [3.63, 3.8) is 0 Å². The van der Waals surface area contributed by atoms with Gasteiger partial charge in [-0.25, -0.2) is 8.42 Å². The second kappa shape index (κ2) is 15.0. The van der Waals surface area contributed by atoms with Crippen molar-refractivity contribution in [1.82, 2.24) is 10.2 Å². The summed E-state index contributed by atoms with van der Waals surface area (Å²) in [5.74, 6) is -0.716. The Morgan fingerprint density at radius 2 is 1.43 bits per heavy atom. The fourth-order valence-corrected chi connectivity index (χ4v) is 7.59. The van der Waals surface area contributed by atoms with E-state index in [-0.39, 0.29) is 29.8 Å². The molecule has 4 aromatic carbocycles. The van der Waals surface area contributed by atoms with E-state index in [0.717, 1.165) is 46.7 Å². The third kappa shape index (κ3) is 7.98. The van der Waals surface area contributed by atoms with E-state index in [4.69, 9.17) is 11.6 Å². The van der Waals surface area contributed by atoms with Crippen molar-refractivity contribution in [3.05, 3.63) is 130 Å². The molecule has 46 heavy (non-hydrogen) atoms. The van der Waals surface area contributed by atoms with E-state index in [1.54, 1.807) is 17.0 Å². The molecule has 0 unspecified atom stereocenters. The Kier molecular flexibility index (Phi) is 10.8. The molecular weight excluding hydrogens is 618 g/mol. The molecule has 0 heterocycles. The number of rotatable bonds is 12. The van der Waals surface area contributed by atoms with Crippen LogP contribution in [0.1, 0.15) is 47.9 Å². The standard InChI is InChI=1S/C37H40ClN3O4S/c1-27-12-6-8-16-30(27)25-40(35(24-29-14-4-3-5-15-29)37(43)39-32-17-9-10-18-32)36(42)26-41(34-19-11-7-13-28(34)2)46(44,45)33-22-20-31(38)21-23-33/h3-8,11-16,19-23,32,35H,9-10,17-18,24-26H2,1-2H3,(H,39,43)/t35-/m1/s1. The molecule has 4 aromatic rings. The molecule has 240 valence electrons. The zero-order valence-corrected chi connectivity index (χ0v) is 27.8. The van der Waals surface area contributed by atoms with Crippen LogP contribution in [0.2, 0.25) is 5.02 Å². The van der Waals surface area contributed by atoms with E-state index in [9.17, 15) is 18.0 Å². The number of aryl methyl sites for hydroxylation is 2. The van der Waals surface area contributed by atoms with Crippen molar-refractivity contribution in [3.8, 4) is 0 Å². The van der Waals surface area contributed by atoms with E-state index >= 15 is 0 Å². The van der Waals surface area contributed by atoms with Gasteiger partial charge in [0.15, 0.2) is 0 Å². The van der Waals surface area contributed by atoms with Gasteiger partial charge in [0.05, 0.1) is 10.6 Å². The number of para-hydroxylation sites is 1. The van der Waals surface area contributed by atoms with Crippen molar-refractivity contribution >= 4 is 39.1 Å². The molecule has 5 rings (SSSR count). The van der Waals surface area contributed by atoms with E-state index < -0.39 is 28.5 Å². The Morgan fingerprint density at radius 3 is 2.09 bits per heavy atom. The van der Waals surface area contributed by atoms with Crippen LogP contribution < -0.4 is 9.62 Å². The number of anilines is 1. The highest BCUT2D eigenvalue weighted by Crippen LogP contribution is 2.29. The van der Waals surface area contributed by atoms with Crippen molar-refractivity contribution in [1.29, 1.82) is 0 Å². The first-order valence-electron chi connectivity index (χ1n) is 15.7. The topological polar surface area (TPSA) is 86.8 Å². The molecule has 1 aliphatic carbocycles. The van der Waals surface area contributed by atoms with Crippen molar-refractivity contribution in [2.45, 2.75) is 69.5 Å². The van der Waals surface area contributed by atoms with Gasteiger partial charge in [0.1, 0.15) is 12.6 Å². The van der Waals surface area contributed by atoms with Crippen LogP contribution in [-0.4, -0.2) is 43.8 Å². The molecule has 0 bridgehead atoms. The molecule has 1 saturated carbocycles. The Bertz CT molecular complexity index is 1760. The highest BCUT2D eigenvalue weighted by Gasteiger charge is 2.36. The van der Waals surface area contributed by atoms with Gasteiger partial charge in [-0.1, -0.05) is 97.2 Å². The summed E-state index contributed by atoms with van der Waals surface area (Å²) >= 11 is 6.08. The monoisotopic (exact) mass is 657 g/mol. The highest BCUT2D eigenvalue weighted by molar-refractivity contribution is 7.92. The second-order valence-corrected chi connectivity index (χ2v) is 14.2. The Balaban J connectivity index is 1.58. The molecular formula is C37H40ClN3O4S. The zero-order valence-electron chi connectivity index (χ0n) is 26.2. The van der Waals surface area contributed by atoms with Crippen LogP contribution in [0.5, 0.6) is 0 Å². The van der Waals surface area contributed by atoms with Crippen LogP contribution >= 0.6 is 11.6 Å². The van der Waals surface area contributed by atoms with Gasteiger partial charge in [-0.3, -0.25) is 13.9 Å². The molecule has 1 N–H and O–H groups in total. The second-order valence-electron chi connectivity index (χ2n) is 11.9. The number of amides is 2. The first-order valence-corrected chi connectivity index (χ1v) is 17.5. The normalized spacial score (nSPS) is 14.1. The smallest absolute Gasteiger partial charge is 0.264 e. The van der Waals surface area contributed by atoms with Crippen molar-refractivity contribution in [2.75, 3.05) is 10.8 Å². The number of benzene rings is 4. The van der Waals surface area contributed by atoms with Gasteiger partial charge in [0.25, 0.3) is 10.0 Å². The minimum absolute atomic E-state index is 0.0122. The molecule has 0 aliphatic heterocycles. The SMILES string of the molecule is Cc1ccccc1CN(C(=O)CN(c1ccccc1C)S(=O)(=O)c1ccc(Cl)cc1)[C@H](Cc1ccccc1)C(=O)NC1CCCC1. The maximum atomic E-state index is 14.7. The molecule has 2 amide bonds. The Morgan fingerprint density at radius 1 is 0.826 bits per heavy atom. The number of carbonyl (C=O) groups excluding carboxylic acids is 2. The average molecular weight is 658 g/mol. The fourth-order valence-electron chi connectivity index (χ4n) is 5.98. The summed E-state index contributed by atoms with van der Waals surface area (Å²) in [5, 5.41) is 3.62. The van der Waals surface area contributed by atoms with Gasteiger partial charge in [0, 0.05) is 24.0 Å². The largest absolute Gasteiger partial charge is 0.352 e. The summed E-state index contributed by atoms with van der Waals surface area (Å²) in [5.41, 5.74) is 3.83. The summed E-state index contributed by atoms with van der Waals surface area (Å²) in [4.78, 5) is 30.4. The predicted molar refractivity (Wildman–Crippen MR) is 183 cm³/mol. The lowest BCUT2D eigenvalue weighted by Crippen LogP contribution is -2.54. The molecule has 9 heteroatoms. The molecule has 7 nitrogen and oxygen atoms in total. The van der Waals surface area contributed by atoms with Crippen LogP contribution in [0.25, 0.3) is 0 Å². The molecule has 0 radical (unpaired) electrons. The fraction of sp³-hybridized carbons (Fsp3) is 0.297. The molecule has 1 atom stereocenters. The number of hydrogen-bond donors (Lipinski definition) is 1. The molecule has 1 fully saturated rings. The number of sulfonamides is 1. The minimum Gasteiger partial charge on any atom is -0.352 e. The van der Waals surface area contributed by atoms with Gasteiger partial charge >= 0.3 is 0 Å². The lowest BCUT2D eigenvalue weighted by molar-refractivity contribution is -0.140. The number of halogens is 1. The van der Waals surface area contributed by atoms with E-state index in [1.165, 1.54) is 24.3 Å². The summed E-state index contributed by atoms with van der Waals surface area (Å²) in [7, 11) is -4.20. The molecule has 0 aromatic heterocycles. The quantitative estimate of drug-likeness (QED) is 0.181. The van der Waals surface area contributed by atoms with Crippen LogP contribution in [-0.2, 0) is 32.6 Å². The van der Waals surface area contributed by atoms with Crippen molar-refractivity contribution < 1.29 is 18.0 Å². The van der Waals surface area contributed by atoms with Crippen LogP contribution in [0.4, 0.5) is 5.69 Å². The predicted octanol–water partition coefficient (Wildman–Crippen LogP) is 6.85. The van der Waals surface area contributed by atoms with Crippen LogP contribution in [0.15, 0.2) is 108 Å². The Hall–Kier alpha value is -4.14. The Labute approximate surface area is 277 Å². The first-order chi connectivity index (χ1) is 22.1. The average Bonchev–Trinajstić information content (AvgIpc) is 3.56. The van der Waals surface area contributed by atoms with Gasteiger partial charge in [-0.2, -0.15) is 0 Å².